The van der Waals surface area contributed by atoms with E-state index in [1.807, 2.05) is 30.8 Å². The maximum absolute atomic E-state index is 13.6. The van der Waals surface area contributed by atoms with Crippen molar-refractivity contribution in [3.8, 4) is 0 Å². The van der Waals surface area contributed by atoms with E-state index in [-0.39, 0.29) is 5.82 Å². The zero-order valence-electron chi connectivity index (χ0n) is 18.1. The van der Waals surface area contributed by atoms with Gasteiger partial charge in [-0.3, -0.25) is 4.99 Å². The maximum Gasteiger partial charge on any atom is 0.191 e. The van der Waals surface area contributed by atoms with Crippen LogP contribution in [-0.4, -0.2) is 28.8 Å². The molecule has 3 rings (SSSR count). The van der Waals surface area contributed by atoms with Gasteiger partial charge in [-0.2, -0.15) is 11.8 Å². The van der Waals surface area contributed by atoms with Crippen molar-refractivity contribution < 1.29 is 4.39 Å². The summed E-state index contributed by atoms with van der Waals surface area (Å²) in [7, 11) is 1.75. The zero-order chi connectivity index (χ0) is 21.9. The standard InChI is InChI=1S/C24H30FN5S/c1-26-24(28-16-20-10-11-22(25)15-21(20)18-31-2)29-17-23-27-12-14-30(23)13-6-9-19-7-4-3-5-8-19/h3-5,7-8,10-12,14-15H,6,9,13,16-18H2,1-2H3,(H2,26,28,29). The Kier molecular flexibility index (Phi) is 8.97. The van der Waals surface area contributed by atoms with Crippen LogP contribution in [0.1, 0.15) is 28.9 Å². The maximum atomic E-state index is 13.6. The largest absolute Gasteiger partial charge is 0.352 e. The molecule has 5 nitrogen and oxygen atoms in total. The Balaban J connectivity index is 1.50. The molecule has 0 aliphatic carbocycles. The van der Waals surface area contributed by atoms with Crippen molar-refractivity contribution in [2.24, 2.45) is 4.99 Å². The van der Waals surface area contributed by atoms with Gasteiger partial charge < -0.3 is 15.2 Å². The van der Waals surface area contributed by atoms with Gasteiger partial charge in [0.15, 0.2) is 5.96 Å². The third-order valence-electron chi connectivity index (χ3n) is 5.06. The quantitative estimate of drug-likeness (QED) is 0.364. The number of aliphatic imine (C=N–C) groups is 1. The van der Waals surface area contributed by atoms with Crippen molar-refractivity contribution in [2.75, 3.05) is 13.3 Å². The van der Waals surface area contributed by atoms with E-state index in [0.29, 0.717) is 19.0 Å². The van der Waals surface area contributed by atoms with E-state index < -0.39 is 0 Å². The molecule has 0 radical (unpaired) electrons. The zero-order valence-corrected chi connectivity index (χ0v) is 19.0. The topological polar surface area (TPSA) is 54.2 Å². The molecule has 31 heavy (non-hydrogen) atoms. The van der Waals surface area contributed by atoms with Gasteiger partial charge in [0, 0.05) is 38.3 Å². The first-order chi connectivity index (χ1) is 15.2. The highest BCUT2D eigenvalue weighted by Crippen LogP contribution is 2.16. The van der Waals surface area contributed by atoms with E-state index in [4.69, 9.17) is 0 Å². The fourth-order valence-electron chi connectivity index (χ4n) is 3.43. The molecular weight excluding hydrogens is 409 g/mol. The SMILES string of the molecule is CN=C(NCc1ccc(F)cc1CSC)NCc1nccn1CCCc1ccccc1. The number of guanidine groups is 1. The number of thioether (sulfide) groups is 1. The minimum Gasteiger partial charge on any atom is -0.352 e. The summed E-state index contributed by atoms with van der Waals surface area (Å²) in [4.78, 5) is 8.79. The van der Waals surface area contributed by atoms with Gasteiger partial charge in [-0.05, 0) is 47.9 Å². The van der Waals surface area contributed by atoms with Crippen LogP contribution < -0.4 is 10.6 Å². The van der Waals surface area contributed by atoms with Crippen molar-refractivity contribution in [2.45, 2.75) is 38.2 Å². The Morgan fingerprint density at radius 1 is 1.10 bits per heavy atom. The molecule has 0 bridgehead atoms. The molecule has 0 saturated heterocycles. The van der Waals surface area contributed by atoms with Crippen molar-refractivity contribution in [1.29, 1.82) is 0 Å². The second kappa shape index (κ2) is 12.2. The molecule has 0 saturated carbocycles. The molecule has 0 spiro atoms. The van der Waals surface area contributed by atoms with Crippen molar-refractivity contribution in [3.05, 3.63) is 89.3 Å². The lowest BCUT2D eigenvalue weighted by molar-refractivity contribution is 0.600. The fourth-order valence-corrected chi connectivity index (χ4v) is 4.01. The molecule has 2 aromatic carbocycles. The summed E-state index contributed by atoms with van der Waals surface area (Å²) in [5.41, 5.74) is 3.43. The van der Waals surface area contributed by atoms with E-state index in [0.717, 1.165) is 42.1 Å². The number of benzene rings is 2. The predicted octanol–water partition coefficient (Wildman–Crippen LogP) is 4.38. The smallest absolute Gasteiger partial charge is 0.191 e. The molecular formula is C24H30FN5S. The number of nitrogens with one attached hydrogen (secondary N) is 2. The number of hydrogen-bond acceptors (Lipinski definition) is 3. The number of rotatable bonds is 10. The highest BCUT2D eigenvalue weighted by atomic mass is 32.2. The van der Waals surface area contributed by atoms with Crippen LogP contribution in [-0.2, 0) is 31.8 Å². The van der Waals surface area contributed by atoms with E-state index >= 15 is 0 Å². The number of aryl methyl sites for hydroxylation is 2. The Morgan fingerprint density at radius 3 is 2.68 bits per heavy atom. The molecule has 0 aliphatic rings. The van der Waals surface area contributed by atoms with Gasteiger partial charge in [0.25, 0.3) is 0 Å². The molecule has 0 amide bonds. The van der Waals surface area contributed by atoms with Gasteiger partial charge >= 0.3 is 0 Å². The van der Waals surface area contributed by atoms with Crippen molar-refractivity contribution in [3.63, 3.8) is 0 Å². The van der Waals surface area contributed by atoms with Crippen LogP contribution in [0.15, 0.2) is 65.9 Å². The molecule has 3 aromatic rings. The Bertz CT molecular complexity index is 971. The fraction of sp³-hybridized carbons (Fsp3) is 0.333. The number of nitrogens with zero attached hydrogens (tertiary/aromatic N) is 3. The van der Waals surface area contributed by atoms with Gasteiger partial charge in [-0.25, -0.2) is 9.37 Å². The molecule has 1 aromatic heterocycles. The summed E-state index contributed by atoms with van der Waals surface area (Å²) in [6.07, 6.45) is 7.98. The summed E-state index contributed by atoms with van der Waals surface area (Å²) >= 11 is 1.68. The first-order valence-corrected chi connectivity index (χ1v) is 11.8. The predicted molar refractivity (Wildman–Crippen MR) is 128 cm³/mol. The lowest BCUT2D eigenvalue weighted by Gasteiger charge is -2.15. The lowest BCUT2D eigenvalue weighted by Crippen LogP contribution is -2.37. The molecule has 0 fully saturated rings. The van der Waals surface area contributed by atoms with E-state index in [1.165, 1.54) is 11.6 Å². The highest BCUT2D eigenvalue weighted by Gasteiger charge is 2.07. The second-order valence-corrected chi connectivity index (χ2v) is 8.12. The molecule has 0 aliphatic heterocycles. The van der Waals surface area contributed by atoms with Gasteiger partial charge in [0.2, 0.25) is 0 Å². The van der Waals surface area contributed by atoms with Crippen molar-refractivity contribution in [1.82, 2.24) is 20.2 Å². The summed E-state index contributed by atoms with van der Waals surface area (Å²) in [6.45, 7) is 2.09. The first-order valence-electron chi connectivity index (χ1n) is 10.4. The summed E-state index contributed by atoms with van der Waals surface area (Å²) in [6, 6.07) is 15.5. The van der Waals surface area contributed by atoms with Crippen LogP contribution >= 0.6 is 11.8 Å². The number of aromatic nitrogens is 2. The second-order valence-electron chi connectivity index (χ2n) is 7.25. The highest BCUT2D eigenvalue weighted by molar-refractivity contribution is 7.97. The summed E-state index contributed by atoms with van der Waals surface area (Å²) in [5, 5.41) is 6.65. The third kappa shape index (κ3) is 7.14. The molecule has 0 unspecified atom stereocenters. The monoisotopic (exact) mass is 439 g/mol. The number of halogens is 1. The van der Waals surface area contributed by atoms with Gasteiger partial charge in [-0.15, -0.1) is 0 Å². The van der Waals surface area contributed by atoms with Crippen LogP contribution in [0, 0.1) is 5.82 Å². The number of imidazole rings is 1. The molecule has 0 atom stereocenters. The van der Waals surface area contributed by atoms with E-state index in [9.17, 15) is 4.39 Å². The minimum absolute atomic E-state index is 0.200. The normalized spacial score (nSPS) is 11.5. The Hall–Kier alpha value is -2.80. The van der Waals surface area contributed by atoms with Gasteiger partial charge in [-0.1, -0.05) is 36.4 Å². The molecule has 164 valence electrons. The summed E-state index contributed by atoms with van der Waals surface area (Å²) in [5.74, 6) is 2.25. The van der Waals surface area contributed by atoms with Crippen LogP contribution in [0.4, 0.5) is 4.39 Å². The average Bonchev–Trinajstić information content (AvgIpc) is 3.23. The Labute approximate surface area is 188 Å². The summed E-state index contributed by atoms with van der Waals surface area (Å²) < 4.78 is 15.7. The Morgan fingerprint density at radius 2 is 1.90 bits per heavy atom. The van der Waals surface area contributed by atoms with Gasteiger partial charge in [0.05, 0.1) is 6.54 Å². The first kappa shape index (κ1) is 22.9. The molecule has 1 heterocycles. The average molecular weight is 440 g/mol. The van der Waals surface area contributed by atoms with Crippen LogP contribution in [0.3, 0.4) is 0 Å². The minimum atomic E-state index is -0.200. The van der Waals surface area contributed by atoms with E-state index in [2.05, 4.69) is 49.4 Å². The molecule has 7 heteroatoms. The van der Waals surface area contributed by atoms with Crippen LogP contribution in [0.5, 0.6) is 0 Å². The molecule has 2 N–H and O–H groups in total. The third-order valence-corrected chi connectivity index (χ3v) is 5.66. The lowest BCUT2D eigenvalue weighted by atomic mass is 10.1. The van der Waals surface area contributed by atoms with Crippen LogP contribution in [0.2, 0.25) is 0 Å². The van der Waals surface area contributed by atoms with Crippen molar-refractivity contribution >= 4 is 17.7 Å². The van der Waals surface area contributed by atoms with E-state index in [1.54, 1.807) is 24.9 Å². The number of hydrogen-bond donors (Lipinski definition) is 2. The van der Waals surface area contributed by atoms with Gasteiger partial charge in [0.1, 0.15) is 11.6 Å². The van der Waals surface area contributed by atoms with Crippen LogP contribution in [0.25, 0.3) is 0 Å².